The van der Waals surface area contributed by atoms with Crippen molar-refractivity contribution in [3.8, 4) is 33.8 Å². The number of aryl methyl sites for hydroxylation is 2. The van der Waals surface area contributed by atoms with Crippen LogP contribution in [0.25, 0.3) is 71.3 Å². The highest BCUT2D eigenvalue weighted by Gasteiger charge is 2.28. The molecule has 504 valence electrons. The molecule has 0 saturated carbocycles. The predicted octanol–water partition coefficient (Wildman–Crippen LogP) is 21.9. The number of carbonyl (C=O) groups is 2. The second-order valence-corrected chi connectivity index (χ2v) is 25.6. The molecule has 0 spiro atoms. The molecule has 95 heavy (non-hydrogen) atoms. The number of esters is 2. The fourth-order valence-corrected chi connectivity index (χ4v) is 13.1. The number of unbranched alkanes of at least 4 members (excludes halogenated alkanes) is 18. The maximum Gasteiger partial charge on any atom is 0.346 e. The normalized spacial score (nSPS) is 11.5. The van der Waals surface area contributed by atoms with Gasteiger partial charge in [-0.3, -0.25) is 34.1 Å². The van der Waals surface area contributed by atoms with Crippen molar-refractivity contribution in [2.24, 2.45) is 0 Å². The number of nitro groups is 2. The van der Waals surface area contributed by atoms with Crippen LogP contribution in [0.3, 0.4) is 0 Å². The van der Waals surface area contributed by atoms with Gasteiger partial charge in [0, 0.05) is 42.6 Å². The molecule has 0 atom stereocenters. The average Bonchev–Trinajstić information content (AvgIpc) is 1.57. The number of imidazole rings is 1. The monoisotopic (exact) mass is 1420 g/mol. The molecule has 8 aromatic carbocycles. The van der Waals surface area contributed by atoms with Gasteiger partial charge in [0.15, 0.2) is 5.52 Å². The van der Waals surface area contributed by atoms with Gasteiger partial charge in [-0.1, -0.05) is 213 Å². The first-order valence-electron chi connectivity index (χ1n) is 32.3. The van der Waals surface area contributed by atoms with Crippen molar-refractivity contribution in [1.82, 2.24) is 9.38 Å². The summed E-state index contributed by atoms with van der Waals surface area (Å²) in [6.07, 6.45) is 25.5. The highest BCUT2D eigenvalue weighted by atomic mass is 79.9. The zero-order valence-electron chi connectivity index (χ0n) is 53.3. The molecule has 11 rings (SSSR count). The van der Waals surface area contributed by atoms with Crippen molar-refractivity contribution >= 4 is 116 Å². The van der Waals surface area contributed by atoms with Crippen molar-refractivity contribution in [3.63, 3.8) is 0 Å². The highest BCUT2D eigenvalue weighted by Crippen LogP contribution is 2.40. The summed E-state index contributed by atoms with van der Waals surface area (Å²) >= 11 is 6.99. The minimum absolute atomic E-state index is 0. The van der Waals surface area contributed by atoms with E-state index in [9.17, 15) is 34.6 Å². The highest BCUT2D eigenvalue weighted by molar-refractivity contribution is 9.11. The molecule has 4 N–H and O–H groups in total. The summed E-state index contributed by atoms with van der Waals surface area (Å²) in [5.41, 5.74) is 18.1. The maximum atomic E-state index is 13.9. The topological polar surface area (TPSA) is 235 Å². The van der Waals surface area contributed by atoms with Gasteiger partial charge in [0.25, 0.3) is 16.9 Å². The van der Waals surface area contributed by atoms with Gasteiger partial charge < -0.3 is 25.7 Å². The number of aromatic nitrogens is 2. The number of cyclic esters (lactones) is 2. The Kier molecular flexibility index (Phi) is 28.5. The van der Waals surface area contributed by atoms with E-state index in [-0.39, 0.29) is 53.4 Å². The van der Waals surface area contributed by atoms with E-state index in [4.69, 9.17) is 25.9 Å². The van der Waals surface area contributed by atoms with Gasteiger partial charge in [-0.05, 0) is 144 Å². The summed E-state index contributed by atoms with van der Waals surface area (Å²) < 4.78 is 20.0. The Labute approximate surface area is 572 Å². The third-order valence-corrected chi connectivity index (χ3v) is 18.3. The molecule has 3 heterocycles. The Hall–Kier alpha value is -8.55. The van der Waals surface area contributed by atoms with Crippen LogP contribution in [0.4, 0.5) is 27.5 Å². The molecule has 0 radical (unpaired) electrons. The van der Waals surface area contributed by atoms with Crippen LogP contribution in [0.15, 0.2) is 135 Å². The van der Waals surface area contributed by atoms with Gasteiger partial charge in [-0.25, -0.2) is 14.6 Å². The molecule has 0 fully saturated rings. The van der Waals surface area contributed by atoms with Gasteiger partial charge in [0.05, 0.1) is 45.4 Å². The lowest BCUT2D eigenvalue weighted by atomic mass is 9.97. The van der Waals surface area contributed by atoms with E-state index in [0.717, 1.165) is 83.5 Å². The van der Waals surface area contributed by atoms with Crippen LogP contribution in [-0.2, 0) is 4.74 Å². The number of hydrogen-bond donors (Lipinski definition) is 2. The predicted molar refractivity (Wildman–Crippen MR) is 394 cm³/mol. The van der Waals surface area contributed by atoms with Crippen molar-refractivity contribution in [2.75, 3.05) is 24.7 Å². The molecule has 1 aliphatic rings. The van der Waals surface area contributed by atoms with Crippen LogP contribution >= 0.6 is 31.9 Å². The fraction of sp³-hybridized carbons (Fsp3) is 0.368. The molecule has 1 aliphatic heterocycles. The number of pyridine rings is 1. The molecular formula is C76H89Br2FN6O10. The minimum Gasteiger partial charge on any atom is -0.494 e. The molecule has 10 aromatic rings. The molecule has 0 amide bonds. The van der Waals surface area contributed by atoms with E-state index >= 15 is 0 Å². The van der Waals surface area contributed by atoms with Crippen molar-refractivity contribution in [2.45, 2.75) is 171 Å². The standard InChI is InChI=1S/C37H38BrN3O4.C25H37N3O3.C12H5BrO3.2CH4.FH/c1-3-4-5-6-7-8-9-10-11-12-18-45-27-20-24(2)19-25(21-27)26-22-32-35(33(23-26)41(43)44)39-36-29-16-17-31(38)28-14-13-15-30(34(28)29)37(42)40(32)36;1-3-4-5-6-7-8-9-10-11-12-13-31-22-15-19(2)14-20(16-22)21-17-23(26)25(27)24(18-21)28(29)30;13-9-5-4-8-10-6(9)2-1-3-7(10)11(14)16-12(8)15;;;/h13-17,19-23H,3-12,18H2,1-2H3;14-18H,3-13,26-27H2,1-2H3;1-5H;2*1H4;1H. The number of non-ortho nitro benzene ring substituents is 1. The summed E-state index contributed by atoms with van der Waals surface area (Å²) in [4.78, 5) is 64.4. The zero-order valence-corrected chi connectivity index (χ0v) is 56.5. The van der Waals surface area contributed by atoms with Gasteiger partial charge in [-0.15, -0.1) is 0 Å². The fourth-order valence-electron chi connectivity index (χ4n) is 12.1. The molecule has 0 bridgehead atoms. The number of nitro benzene ring substituents is 2. The molecule has 0 aliphatic carbocycles. The first-order valence-corrected chi connectivity index (χ1v) is 33.8. The third kappa shape index (κ3) is 18.5. The van der Waals surface area contributed by atoms with Crippen molar-refractivity contribution < 1.29 is 38.4 Å². The zero-order chi connectivity index (χ0) is 65.4. The van der Waals surface area contributed by atoms with Crippen LogP contribution < -0.4 is 26.5 Å². The largest absolute Gasteiger partial charge is 0.494 e. The number of benzene rings is 8. The smallest absolute Gasteiger partial charge is 0.346 e. The summed E-state index contributed by atoms with van der Waals surface area (Å²) in [6.45, 7) is 9.77. The molecule has 19 heteroatoms. The van der Waals surface area contributed by atoms with Gasteiger partial charge in [0.2, 0.25) is 0 Å². The number of halogens is 3. The summed E-state index contributed by atoms with van der Waals surface area (Å²) in [6, 6.07) is 36.4. The lowest BCUT2D eigenvalue weighted by Crippen LogP contribution is -2.19. The number of nitrogens with zero attached hydrogens (tertiary/aromatic N) is 4. The number of hydrogen-bond acceptors (Lipinski definition) is 13. The first kappa shape index (κ1) is 75.5. The van der Waals surface area contributed by atoms with E-state index < -0.39 is 21.8 Å². The van der Waals surface area contributed by atoms with Gasteiger partial charge in [0.1, 0.15) is 22.8 Å². The molecule has 2 aromatic heterocycles. The van der Waals surface area contributed by atoms with Crippen molar-refractivity contribution in [3.05, 3.63) is 183 Å². The molecule has 16 nitrogen and oxygen atoms in total. The summed E-state index contributed by atoms with van der Waals surface area (Å²) in [7, 11) is 0. The Bertz CT molecular complexity index is 4370. The van der Waals surface area contributed by atoms with Crippen LogP contribution in [0.2, 0.25) is 0 Å². The molecule has 0 saturated heterocycles. The quantitative estimate of drug-likeness (QED) is 0.0116. The van der Waals surface area contributed by atoms with E-state index in [0.29, 0.717) is 57.4 Å². The lowest BCUT2D eigenvalue weighted by molar-refractivity contribution is -0.383. The second-order valence-electron chi connectivity index (χ2n) is 23.9. The number of anilines is 2. The number of rotatable bonds is 28. The van der Waals surface area contributed by atoms with Gasteiger partial charge >= 0.3 is 11.9 Å². The van der Waals surface area contributed by atoms with Crippen molar-refractivity contribution in [1.29, 1.82) is 0 Å². The Balaban J connectivity index is 0.000000247. The van der Waals surface area contributed by atoms with E-state index in [1.54, 1.807) is 42.5 Å². The number of nitrogen functional groups attached to an aromatic ring is 2. The number of carbonyl (C=O) groups excluding carboxylic acids is 2. The first-order chi connectivity index (χ1) is 44.5. The third-order valence-electron chi connectivity index (χ3n) is 16.9. The van der Waals surface area contributed by atoms with Crippen LogP contribution in [0.5, 0.6) is 11.5 Å². The molecular weight excluding hydrogens is 1340 g/mol. The maximum absolute atomic E-state index is 13.9. The summed E-state index contributed by atoms with van der Waals surface area (Å²) in [5.74, 6) is 0.340. The Morgan fingerprint density at radius 1 is 0.505 bits per heavy atom. The average molecular weight is 1430 g/mol. The lowest BCUT2D eigenvalue weighted by Gasteiger charge is -2.15. The van der Waals surface area contributed by atoms with E-state index in [1.165, 1.54) is 120 Å². The Morgan fingerprint density at radius 3 is 1.45 bits per heavy atom. The van der Waals surface area contributed by atoms with Crippen LogP contribution in [0, 0.1) is 34.1 Å². The van der Waals surface area contributed by atoms with Crippen LogP contribution in [0.1, 0.15) is 189 Å². The minimum atomic E-state index is -0.582. The number of nitrogens with two attached hydrogens (primary N) is 2. The van der Waals surface area contributed by atoms with E-state index in [2.05, 4.69) is 50.4 Å². The van der Waals surface area contributed by atoms with E-state index in [1.807, 2.05) is 86.6 Å². The number of fused-ring (bicyclic) bond motifs is 4. The number of ether oxygens (including phenoxy) is 3. The van der Waals surface area contributed by atoms with Gasteiger partial charge in [-0.2, -0.15) is 0 Å². The Morgan fingerprint density at radius 2 is 0.937 bits per heavy atom. The second kappa shape index (κ2) is 35.8. The summed E-state index contributed by atoms with van der Waals surface area (Å²) in [5, 5.41) is 28.1. The van der Waals surface area contributed by atoms with Crippen LogP contribution in [-0.4, -0.2) is 44.4 Å². The SMILES string of the molecule is C.C.CCCCCCCCCCCCOc1cc(C)cc(-c2cc(N)c(N)c([N+](=O)[O-])c2)c1.CCCCCCCCCCCCOc1cc(C)cc(-c2cc([N+](=O)[O-])c3nc4c5ccc(Br)c6cccc(c(=O)n4c3c2)c65)c1.F.O=C1OC(=O)c2ccc(Br)c3cccc1c23. The molecule has 0 unspecified atom stereocenters.